The molecule has 2 aliphatic rings. The first-order valence-corrected chi connectivity index (χ1v) is 9.63. The molecule has 1 aliphatic carbocycles. The number of pyridine rings is 1. The van der Waals surface area contributed by atoms with Crippen LogP contribution in [-0.4, -0.2) is 52.3 Å². The van der Waals surface area contributed by atoms with Crippen molar-refractivity contribution < 1.29 is 33.0 Å². The van der Waals surface area contributed by atoms with Gasteiger partial charge in [-0.25, -0.2) is 4.98 Å². The van der Waals surface area contributed by atoms with E-state index in [2.05, 4.69) is 4.98 Å². The van der Waals surface area contributed by atoms with Gasteiger partial charge in [-0.15, -0.1) is 0 Å². The first-order chi connectivity index (χ1) is 14.5. The Morgan fingerprint density at radius 3 is 2.42 bits per heavy atom. The lowest BCUT2D eigenvalue weighted by Gasteiger charge is -2.30. The van der Waals surface area contributed by atoms with Crippen LogP contribution in [0.5, 0.6) is 0 Å². The van der Waals surface area contributed by atoms with Crippen molar-refractivity contribution in [2.75, 3.05) is 16.8 Å². The lowest BCUT2D eigenvalue weighted by atomic mass is 9.88. The molecule has 0 radical (unpaired) electrons. The molecule has 31 heavy (non-hydrogen) atoms. The highest BCUT2D eigenvalue weighted by Crippen LogP contribution is 2.35. The number of likely N-dealkylation sites (N-methyl/N-ethyl adjacent to an activating group) is 1. The second-order valence-corrected chi connectivity index (χ2v) is 7.79. The molecule has 2 heterocycles. The van der Waals surface area contributed by atoms with Crippen molar-refractivity contribution in [3.63, 3.8) is 0 Å². The number of hydrogen-bond donors (Lipinski definition) is 2. The molecule has 0 spiro atoms. The number of carbonyl (C=O) groups excluding carboxylic acids is 2. The molecule has 164 valence electrons. The van der Waals surface area contributed by atoms with Crippen molar-refractivity contribution in [3.8, 4) is 0 Å². The number of alkyl halides is 3. The van der Waals surface area contributed by atoms with E-state index in [9.17, 15) is 33.0 Å². The van der Waals surface area contributed by atoms with Crippen molar-refractivity contribution in [2.45, 2.75) is 44.2 Å². The maximum Gasteiger partial charge on any atom is 0.416 e. The van der Waals surface area contributed by atoms with Crippen LogP contribution >= 0.6 is 0 Å². The van der Waals surface area contributed by atoms with Gasteiger partial charge in [0, 0.05) is 18.4 Å². The van der Waals surface area contributed by atoms with Crippen LogP contribution in [0, 0.1) is 6.92 Å². The third kappa shape index (κ3) is 3.55. The first-order valence-electron chi connectivity index (χ1n) is 9.63. The van der Waals surface area contributed by atoms with Crippen LogP contribution in [-0.2, 0) is 28.6 Å². The van der Waals surface area contributed by atoms with Gasteiger partial charge in [-0.3, -0.25) is 14.5 Å². The molecule has 1 aliphatic heterocycles. The fourth-order valence-electron chi connectivity index (χ4n) is 3.92. The van der Waals surface area contributed by atoms with Gasteiger partial charge in [0.2, 0.25) is 0 Å². The zero-order valence-corrected chi connectivity index (χ0v) is 16.7. The summed E-state index contributed by atoms with van der Waals surface area (Å²) in [7, 11) is 1.44. The summed E-state index contributed by atoms with van der Waals surface area (Å²) in [4.78, 5) is 31.6. The maximum absolute atomic E-state index is 13.3. The van der Waals surface area contributed by atoms with Gasteiger partial charge in [0.25, 0.3) is 11.8 Å². The number of nitrogens with zero attached hydrogens (tertiary/aromatic N) is 3. The summed E-state index contributed by atoms with van der Waals surface area (Å²) in [6.45, 7) is 1.32. The molecule has 2 aromatic rings. The van der Waals surface area contributed by atoms with E-state index < -0.39 is 47.6 Å². The Labute approximate surface area is 175 Å². The van der Waals surface area contributed by atoms with E-state index >= 15 is 0 Å². The van der Waals surface area contributed by atoms with Gasteiger partial charge in [0.1, 0.15) is 18.0 Å². The highest BCUT2D eigenvalue weighted by atomic mass is 19.4. The Morgan fingerprint density at radius 1 is 1.16 bits per heavy atom. The van der Waals surface area contributed by atoms with Gasteiger partial charge in [-0.2, -0.15) is 13.2 Å². The quantitative estimate of drug-likeness (QED) is 0.764. The second-order valence-electron chi connectivity index (χ2n) is 7.79. The molecule has 4 rings (SSSR count). The Hall–Kier alpha value is -2.98. The average Bonchev–Trinajstić information content (AvgIpc) is 2.90. The van der Waals surface area contributed by atoms with Crippen molar-refractivity contribution in [3.05, 3.63) is 52.7 Å². The minimum Gasteiger partial charge on any atom is -0.387 e. The number of fused-ring (bicyclic) bond motifs is 1. The van der Waals surface area contributed by atoms with E-state index in [0.717, 1.165) is 24.5 Å². The van der Waals surface area contributed by atoms with E-state index in [1.807, 2.05) is 12.1 Å². The zero-order valence-electron chi connectivity index (χ0n) is 16.7. The first kappa shape index (κ1) is 21.3. The molecule has 7 nitrogen and oxygen atoms in total. The van der Waals surface area contributed by atoms with E-state index in [4.69, 9.17) is 0 Å². The number of carbonyl (C=O) groups is 2. The van der Waals surface area contributed by atoms with Crippen LogP contribution in [0.4, 0.5) is 24.7 Å². The van der Waals surface area contributed by atoms with Crippen LogP contribution in [0.15, 0.2) is 30.3 Å². The zero-order chi connectivity index (χ0) is 22.7. The standard InChI is InChI=1S/C21H20F3N3O4/c1-10-7-13(21(22,23)24)9-15(25-10)27-16(17(28)18(29)20(27)31)19(30)26(2)14-6-5-11-3-4-12(11)8-14/h5-9,16-18,28-29H,3-4H2,1-2H3. The molecule has 1 aromatic carbocycles. The number of aliphatic hydroxyl groups excluding tert-OH is 2. The van der Waals surface area contributed by atoms with E-state index in [1.165, 1.54) is 24.4 Å². The number of benzene rings is 1. The van der Waals surface area contributed by atoms with E-state index in [-0.39, 0.29) is 5.69 Å². The van der Waals surface area contributed by atoms with Gasteiger partial charge in [-0.05, 0) is 55.2 Å². The third-order valence-corrected chi connectivity index (χ3v) is 5.75. The minimum absolute atomic E-state index is 0.0320. The summed E-state index contributed by atoms with van der Waals surface area (Å²) in [5.74, 6) is -2.31. The topological polar surface area (TPSA) is 94.0 Å². The van der Waals surface area contributed by atoms with Crippen LogP contribution < -0.4 is 9.80 Å². The van der Waals surface area contributed by atoms with Crippen molar-refractivity contribution in [2.24, 2.45) is 0 Å². The number of amides is 2. The maximum atomic E-state index is 13.3. The summed E-state index contributed by atoms with van der Waals surface area (Å²) >= 11 is 0. The predicted molar refractivity (Wildman–Crippen MR) is 105 cm³/mol. The molecule has 10 heteroatoms. The molecule has 1 fully saturated rings. The Morgan fingerprint density at radius 2 is 1.84 bits per heavy atom. The number of anilines is 2. The SMILES string of the molecule is Cc1cc(C(F)(F)F)cc(N2C(=O)C(O)C(O)C2C(=O)N(C)c2ccc3c(c2)CC3)n1. The number of halogens is 3. The Balaban J connectivity index is 1.73. The molecule has 0 saturated carbocycles. The highest BCUT2D eigenvalue weighted by molar-refractivity contribution is 6.10. The summed E-state index contributed by atoms with van der Waals surface area (Å²) in [5, 5.41) is 20.5. The van der Waals surface area contributed by atoms with Crippen LogP contribution in [0.3, 0.4) is 0 Å². The lowest BCUT2D eigenvalue weighted by Crippen LogP contribution is -2.50. The molecular weight excluding hydrogens is 415 g/mol. The largest absolute Gasteiger partial charge is 0.416 e. The van der Waals surface area contributed by atoms with Crippen LogP contribution in [0.25, 0.3) is 0 Å². The number of rotatable bonds is 3. The lowest BCUT2D eigenvalue weighted by molar-refractivity contribution is -0.137. The molecule has 3 unspecified atom stereocenters. The van der Waals surface area contributed by atoms with Gasteiger partial charge in [0.05, 0.1) is 5.56 Å². The van der Waals surface area contributed by atoms with Gasteiger partial charge >= 0.3 is 6.18 Å². The smallest absolute Gasteiger partial charge is 0.387 e. The van der Waals surface area contributed by atoms with Crippen LogP contribution in [0.1, 0.15) is 22.4 Å². The number of aryl methyl sites for hydroxylation is 3. The predicted octanol–water partition coefficient (Wildman–Crippen LogP) is 1.61. The fourth-order valence-corrected chi connectivity index (χ4v) is 3.92. The van der Waals surface area contributed by atoms with Crippen molar-refractivity contribution >= 4 is 23.3 Å². The van der Waals surface area contributed by atoms with Gasteiger partial charge in [0.15, 0.2) is 6.10 Å². The van der Waals surface area contributed by atoms with Gasteiger partial charge < -0.3 is 15.1 Å². The molecular formula is C21H20F3N3O4. The Kier molecular flexibility index (Phi) is 5.01. The number of aromatic nitrogens is 1. The molecule has 2 N–H and O–H groups in total. The van der Waals surface area contributed by atoms with Crippen molar-refractivity contribution in [1.82, 2.24) is 4.98 Å². The highest BCUT2D eigenvalue weighted by Gasteiger charge is 2.52. The molecule has 2 amide bonds. The fraction of sp³-hybridized carbons (Fsp3) is 0.381. The van der Waals surface area contributed by atoms with Gasteiger partial charge in [-0.1, -0.05) is 6.07 Å². The van der Waals surface area contributed by atoms with Crippen molar-refractivity contribution in [1.29, 1.82) is 0 Å². The second kappa shape index (κ2) is 7.31. The average molecular weight is 435 g/mol. The number of aliphatic hydroxyl groups is 2. The summed E-state index contributed by atoms with van der Waals surface area (Å²) in [6.07, 6.45) is -6.68. The third-order valence-electron chi connectivity index (χ3n) is 5.75. The summed E-state index contributed by atoms with van der Waals surface area (Å²) in [5.41, 5.74) is 1.67. The molecule has 0 bridgehead atoms. The monoisotopic (exact) mass is 435 g/mol. The molecule has 3 atom stereocenters. The van der Waals surface area contributed by atoms with E-state index in [1.54, 1.807) is 6.07 Å². The Bertz CT molecular complexity index is 1070. The van der Waals surface area contributed by atoms with Crippen LogP contribution in [0.2, 0.25) is 0 Å². The summed E-state index contributed by atoms with van der Waals surface area (Å²) in [6, 6.07) is 5.20. The molecule has 1 saturated heterocycles. The van der Waals surface area contributed by atoms with E-state index in [0.29, 0.717) is 16.7 Å². The minimum atomic E-state index is -4.70. The number of hydrogen-bond acceptors (Lipinski definition) is 5. The summed E-state index contributed by atoms with van der Waals surface area (Å²) < 4.78 is 39.8. The molecule has 1 aromatic heterocycles. The normalized spacial score (nSPS) is 22.9.